The van der Waals surface area contributed by atoms with Crippen LogP contribution in [0.4, 0.5) is 8.78 Å². The topological polar surface area (TPSA) is 175 Å². The fourth-order valence-electron chi connectivity index (χ4n) is 4.99. The van der Waals surface area contributed by atoms with Crippen LogP contribution in [0, 0.1) is 0 Å². The lowest BCUT2D eigenvalue weighted by molar-refractivity contribution is -0.278. The molecule has 44 heavy (non-hydrogen) atoms. The number of aliphatic hydroxyl groups is 6. The number of aliphatic hydroxyl groups excluding tert-OH is 4. The second-order valence-electron chi connectivity index (χ2n) is 11.7. The molecule has 0 spiro atoms. The van der Waals surface area contributed by atoms with Crippen molar-refractivity contribution in [3.63, 3.8) is 0 Å². The van der Waals surface area contributed by atoms with Crippen LogP contribution in [-0.4, -0.2) is 84.0 Å². The lowest BCUT2D eigenvalue weighted by Crippen LogP contribution is -2.60. The van der Waals surface area contributed by atoms with Crippen molar-refractivity contribution in [1.29, 1.82) is 0 Å². The van der Waals surface area contributed by atoms with Crippen LogP contribution in [0.2, 0.25) is 0 Å². The number of hydrogen-bond donors (Lipinski definition) is 6. The van der Waals surface area contributed by atoms with Crippen molar-refractivity contribution in [1.82, 2.24) is 9.97 Å². The average molecular weight is 619 g/mol. The first-order chi connectivity index (χ1) is 20.7. The van der Waals surface area contributed by atoms with E-state index in [4.69, 9.17) is 14.2 Å². The Bertz CT molecular complexity index is 1410. The van der Waals surface area contributed by atoms with Gasteiger partial charge in [-0.1, -0.05) is 18.2 Å². The van der Waals surface area contributed by atoms with E-state index in [0.717, 1.165) is 24.5 Å². The lowest BCUT2D eigenvalue weighted by atomic mass is 9.86. The first kappa shape index (κ1) is 32.1. The van der Waals surface area contributed by atoms with E-state index in [1.54, 1.807) is 38.2 Å². The SMILES string of the molecule is CC(C)(O)c1ccc([C@@H](Cc2ccc(O[C@@H]3OC(CO)[C@H](O)C(O)[C@H]3O)nc2)c2ccc(C(O)(F)F)c(OC3CC3)c2)cn1. The van der Waals surface area contributed by atoms with Crippen molar-refractivity contribution in [2.75, 3.05) is 6.61 Å². The Hall–Kier alpha value is -3.30. The van der Waals surface area contributed by atoms with Crippen LogP contribution in [-0.2, 0) is 22.9 Å². The quantitative estimate of drug-likeness (QED) is 0.185. The lowest BCUT2D eigenvalue weighted by Gasteiger charge is -2.39. The highest BCUT2D eigenvalue weighted by Gasteiger charge is 2.45. The summed E-state index contributed by atoms with van der Waals surface area (Å²) in [5.41, 5.74) is 0.703. The van der Waals surface area contributed by atoms with Gasteiger partial charge in [0.2, 0.25) is 12.2 Å². The van der Waals surface area contributed by atoms with Gasteiger partial charge >= 0.3 is 6.11 Å². The van der Waals surface area contributed by atoms with Crippen LogP contribution in [0.3, 0.4) is 0 Å². The molecule has 1 aliphatic carbocycles. The molecule has 0 amide bonds. The monoisotopic (exact) mass is 618 g/mol. The predicted octanol–water partition coefficient (Wildman–Crippen LogP) is 1.84. The Morgan fingerprint density at radius 2 is 1.64 bits per heavy atom. The van der Waals surface area contributed by atoms with E-state index in [1.165, 1.54) is 24.4 Å². The molecule has 13 heteroatoms. The summed E-state index contributed by atoms with van der Waals surface area (Å²) in [5.74, 6) is -0.495. The van der Waals surface area contributed by atoms with Gasteiger partial charge in [-0.25, -0.2) is 4.98 Å². The zero-order valence-corrected chi connectivity index (χ0v) is 24.1. The van der Waals surface area contributed by atoms with E-state index in [-0.39, 0.29) is 17.7 Å². The molecule has 5 rings (SSSR count). The highest BCUT2D eigenvalue weighted by atomic mass is 19.3. The van der Waals surface area contributed by atoms with E-state index in [2.05, 4.69) is 9.97 Å². The molecule has 2 fully saturated rings. The van der Waals surface area contributed by atoms with Crippen LogP contribution in [0.1, 0.15) is 60.6 Å². The molecule has 1 saturated heterocycles. The number of rotatable bonds is 11. The second kappa shape index (κ2) is 12.6. The summed E-state index contributed by atoms with van der Waals surface area (Å²) in [5, 5.41) is 59.5. The Labute approximate surface area is 252 Å². The van der Waals surface area contributed by atoms with Crippen LogP contribution in [0.15, 0.2) is 54.9 Å². The summed E-state index contributed by atoms with van der Waals surface area (Å²) in [7, 11) is 0. The molecule has 2 aromatic heterocycles. The minimum Gasteiger partial charge on any atom is -0.490 e. The Morgan fingerprint density at radius 1 is 0.909 bits per heavy atom. The summed E-state index contributed by atoms with van der Waals surface area (Å²) in [6.07, 6.45) is -6.63. The number of benzene rings is 1. The molecule has 6 atom stereocenters. The predicted molar refractivity (Wildman–Crippen MR) is 150 cm³/mol. The molecule has 11 nitrogen and oxygen atoms in total. The Balaban J connectivity index is 1.42. The maximum absolute atomic E-state index is 14.0. The van der Waals surface area contributed by atoms with E-state index in [0.29, 0.717) is 23.2 Å². The summed E-state index contributed by atoms with van der Waals surface area (Å²) in [6.45, 7) is 2.62. The van der Waals surface area contributed by atoms with E-state index in [9.17, 15) is 39.4 Å². The zero-order chi connectivity index (χ0) is 31.8. The second-order valence-corrected chi connectivity index (χ2v) is 11.7. The molecule has 0 bridgehead atoms. The van der Waals surface area contributed by atoms with Crippen LogP contribution < -0.4 is 9.47 Å². The molecule has 2 aliphatic rings. The molecule has 1 aliphatic heterocycles. The number of ether oxygens (including phenoxy) is 3. The highest BCUT2D eigenvalue weighted by molar-refractivity contribution is 5.44. The van der Waals surface area contributed by atoms with Gasteiger partial charge in [-0.3, -0.25) is 4.98 Å². The Morgan fingerprint density at radius 3 is 2.20 bits per heavy atom. The molecular formula is C31H36F2N2O9. The molecular weight excluding hydrogens is 582 g/mol. The minimum atomic E-state index is -4.09. The largest absolute Gasteiger partial charge is 0.490 e. The third-order valence-electron chi connectivity index (χ3n) is 7.69. The molecule has 1 aromatic carbocycles. The number of alkyl halides is 2. The highest BCUT2D eigenvalue weighted by Crippen LogP contribution is 2.40. The normalized spacial score (nSPS) is 25.0. The van der Waals surface area contributed by atoms with Crippen molar-refractivity contribution in [2.24, 2.45) is 0 Å². The van der Waals surface area contributed by atoms with Gasteiger partial charge in [0.25, 0.3) is 0 Å². The average Bonchev–Trinajstić information content (AvgIpc) is 3.80. The number of pyridine rings is 2. The fraction of sp³-hybridized carbons (Fsp3) is 0.484. The third-order valence-corrected chi connectivity index (χ3v) is 7.69. The molecule has 6 N–H and O–H groups in total. The number of halogens is 2. The van der Waals surface area contributed by atoms with Crippen molar-refractivity contribution in [3.05, 3.63) is 82.8 Å². The molecule has 0 radical (unpaired) electrons. The van der Waals surface area contributed by atoms with Gasteiger partial charge in [0.15, 0.2) is 0 Å². The summed E-state index contributed by atoms with van der Waals surface area (Å²) >= 11 is 0. The summed E-state index contributed by atoms with van der Waals surface area (Å²) < 4.78 is 44.7. The van der Waals surface area contributed by atoms with Crippen LogP contribution in [0.25, 0.3) is 0 Å². The van der Waals surface area contributed by atoms with E-state index in [1.807, 2.05) is 0 Å². The zero-order valence-electron chi connectivity index (χ0n) is 24.1. The smallest absolute Gasteiger partial charge is 0.384 e. The molecule has 3 heterocycles. The van der Waals surface area contributed by atoms with Gasteiger partial charge in [-0.05, 0) is 68.0 Å². The van der Waals surface area contributed by atoms with Gasteiger partial charge < -0.3 is 44.8 Å². The summed E-state index contributed by atoms with van der Waals surface area (Å²) in [6, 6.07) is 10.8. The first-order valence-electron chi connectivity index (χ1n) is 14.3. The standard InChI is InChI=1S/C31H36F2N2O9/c1-30(2,40)24-9-5-18(14-34-24)20(17-4-8-21(31(32,33)41)22(12-17)42-19-6-7-19)11-16-3-10-25(35-13-16)44-29-28(39)27(38)26(37)23(15-36)43-29/h3-5,8-10,12-14,19-20,23,26-29,36-41H,6-7,11,15H2,1-2H3/t20-,23?,26-,27?,28+,29-/m0/s1. The Kier molecular flexibility index (Phi) is 9.19. The van der Waals surface area contributed by atoms with Crippen molar-refractivity contribution in [3.8, 4) is 11.6 Å². The van der Waals surface area contributed by atoms with E-state index >= 15 is 0 Å². The molecule has 238 valence electrons. The number of aromatic nitrogens is 2. The van der Waals surface area contributed by atoms with Crippen LogP contribution in [0.5, 0.6) is 11.6 Å². The van der Waals surface area contributed by atoms with Crippen molar-refractivity contribution >= 4 is 0 Å². The number of hydrogen-bond acceptors (Lipinski definition) is 11. The van der Waals surface area contributed by atoms with Gasteiger partial charge in [0.1, 0.15) is 35.8 Å². The van der Waals surface area contributed by atoms with Gasteiger partial charge in [0.05, 0.1) is 24.0 Å². The molecule has 1 saturated carbocycles. The molecule has 3 aromatic rings. The van der Waals surface area contributed by atoms with Crippen molar-refractivity contribution in [2.45, 2.75) is 87.5 Å². The maximum atomic E-state index is 14.0. The van der Waals surface area contributed by atoms with E-state index < -0.39 is 60.5 Å². The van der Waals surface area contributed by atoms with Gasteiger partial charge in [-0.15, -0.1) is 0 Å². The first-order valence-corrected chi connectivity index (χ1v) is 14.3. The van der Waals surface area contributed by atoms with Crippen LogP contribution >= 0.6 is 0 Å². The molecule has 2 unspecified atom stereocenters. The fourth-order valence-corrected chi connectivity index (χ4v) is 4.99. The third kappa shape index (κ3) is 7.32. The van der Waals surface area contributed by atoms with Crippen molar-refractivity contribution < 1.29 is 53.6 Å². The summed E-state index contributed by atoms with van der Waals surface area (Å²) in [4.78, 5) is 8.69. The van der Waals surface area contributed by atoms with Gasteiger partial charge in [-0.2, -0.15) is 8.78 Å². The number of nitrogens with zero attached hydrogens (tertiary/aromatic N) is 2. The minimum absolute atomic E-state index is 0.0421. The van der Waals surface area contributed by atoms with Gasteiger partial charge in [0, 0.05) is 24.4 Å². The maximum Gasteiger partial charge on any atom is 0.384 e.